The summed E-state index contributed by atoms with van der Waals surface area (Å²) in [5, 5.41) is 6.32. The second-order valence-electron chi connectivity index (χ2n) is 8.25. The SMILES string of the molecule is Cc1cccc(F)c1NC(=O)c1cc(F)c(-n2nc(C(C)C)n(C)c2=O)cc1O[C@@H](C)C(F)(F)F. The van der Waals surface area contributed by atoms with E-state index in [9.17, 15) is 27.2 Å². The van der Waals surface area contributed by atoms with Gasteiger partial charge in [-0.3, -0.25) is 9.36 Å². The number of carbonyl (C=O) groups is 1. The number of anilines is 1. The summed E-state index contributed by atoms with van der Waals surface area (Å²) in [7, 11) is 1.42. The van der Waals surface area contributed by atoms with Crippen LogP contribution in [-0.4, -0.2) is 32.5 Å². The van der Waals surface area contributed by atoms with Crippen LogP contribution in [0, 0.1) is 18.6 Å². The molecular formula is C23H23F5N4O3. The molecule has 1 atom stereocenters. The Morgan fingerprint density at radius 1 is 1.11 bits per heavy atom. The number of hydrogen-bond acceptors (Lipinski definition) is 4. The molecule has 0 saturated heterocycles. The minimum absolute atomic E-state index is 0.216. The van der Waals surface area contributed by atoms with E-state index in [1.165, 1.54) is 30.7 Å². The van der Waals surface area contributed by atoms with Crippen molar-refractivity contribution in [2.75, 3.05) is 5.32 Å². The molecule has 7 nitrogen and oxygen atoms in total. The molecule has 0 unspecified atom stereocenters. The number of alkyl halides is 3. The van der Waals surface area contributed by atoms with E-state index in [4.69, 9.17) is 4.74 Å². The van der Waals surface area contributed by atoms with E-state index in [2.05, 4.69) is 10.4 Å². The average Bonchev–Trinajstić information content (AvgIpc) is 3.05. The van der Waals surface area contributed by atoms with Crippen LogP contribution >= 0.6 is 0 Å². The van der Waals surface area contributed by atoms with Crippen molar-refractivity contribution in [2.24, 2.45) is 7.05 Å². The van der Waals surface area contributed by atoms with Gasteiger partial charge in [-0.05, 0) is 31.5 Å². The first kappa shape index (κ1) is 25.9. The molecule has 0 aliphatic carbocycles. The molecule has 12 heteroatoms. The van der Waals surface area contributed by atoms with Crippen LogP contribution in [0.5, 0.6) is 5.75 Å². The normalized spacial score (nSPS) is 12.7. The number of rotatable bonds is 6. The number of nitrogens with one attached hydrogen (secondary N) is 1. The van der Waals surface area contributed by atoms with Gasteiger partial charge in [0.15, 0.2) is 6.10 Å². The van der Waals surface area contributed by atoms with E-state index in [0.29, 0.717) is 29.1 Å². The highest BCUT2D eigenvalue weighted by Crippen LogP contribution is 2.31. The summed E-state index contributed by atoms with van der Waals surface area (Å²) in [5.41, 5.74) is -1.78. The molecule has 1 N–H and O–H groups in total. The van der Waals surface area contributed by atoms with Gasteiger partial charge in [0, 0.05) is 19.0 Å². The molecule has 0 bridgehead atoms. The van der Waals surface area contributed by atoms with Gasteiger partial charge >= 0.3 is 11.9 Å². The first-order valence-electron chi connectivity index (χ1n) is 10.5. The molecule has 1 aromatic heterocycles. The molecule has 3 rings (SSSR count). The maximum Gasteiger partial charge on any atom is 0.425 e. The van der Waals surface area contributed by atoms with Gasteiger partial charge in [0.25, 0.3) is 5.91 Å². The summed E-state index contributed by atoms with van der Waals surface area (Å²) in [4.78, 5) is 25.5. The molecule has 1 heterocycles. The van der Waals surface area contributed by atoms with Crippen molar-refractivity contribution in [3.63, 3.8) is 0 Å². The minimum atomic E-state index is -4.81. The lowest BCUT2D eigenvalue weighted by atomic mass is 10.1. The lowest BCUT2D eigenvalue weighted by Gasteiger charge is -2.20. The molecule has 3 aromatic rings. The lowest BCUT2D eigenvalue weighted by Crippen LogP contribution is -2.32. The molecule has 0 fully saturated rings. The standard InChI is InChI=1S/C23H23F5N4O3/c1-11(2)20-30-32(22(34)31(20)5)17-10-18(35-13(4)23(26,27)28)14(9-16(17)25)21(33)29-19-12(3)7-6-8-15(19)24/h6-11,13H,1-5H3,(H,29,33)/t13-/m0/s1. The van der Waals surface area contributed by atoms with Crippen LogP contribution in [0.25, 0.3) is 5.69 Å². The fourth-order valence-electron chi connectivity index (χ4n) is 3.32. The first-order valence-corrected chi connectivity index (χ1v) is 10.5. The van der Waals surface area contributed by atoms with Crippen LogP contribution in [0.2, 0.25) is 0 Å². The van der Waals surface area contributed by atoms with Crippen molar-refractivity contribution in [1.82, 2.24) is 14.3 Å². The molecule has 0 aliphatic heterocycles. The average molecular weight is 498 g/mol. The van der Waals surface area contributed by atoms with E-state index >= 15 is 4.39 Å². The van der Waals surface area contributed by atoms with Gasteiger partial charge in [-0.1, -0.05) is 26.0 Å². The number of hydrogen-bond donors (Lipinski definition) is 1. The van der Waals surface area contributed by atoms with Crippen LogP contribution in [0.15, 0.2) is 35.1 Å². The summed E-state index contributed by atoms with van der Waals surface area (Å²) >= 11 is 0. The fraction of sp³-hybridized carbons (Fsp3) is 0.348. The number of amides is 1. The first-order chi connectivity index (χ1) is 16.2. The van der Waals surface area contributed by atoms with Crippen molar-refractivity contribution < 1.29 is 31.5 Å². The summed E-state index contributed by atoms with van der Waals surface area (Å²) in [6, 6.07) is 5.40. The summed E-state index contributed by atoms with van der Waals surface area (Å²) in [6.45, 7) is 5.71. The van der Waals surface area contributed by atoms with E-state index in [-0.39, 0.29) is 11.6 Å². The van der Waals surface area contributed by atoms with Gasteiger partial charge in [-0.2, -0.15) is 17.9 Å². The molecule has 188 valence electrons. The maximum atomic E-state index is 15.1. The third kappa shape index (κ3) is 5.20. The zero-order chi connectivity index (χ0) is 26.2. The predicted octanol–water partition coefficient (Wildman–Crippen LogP) is 4.86. The van der Waals surface area contributed by atoms with E-state index in [0.717, 1.165) is 12.1 Å². The smallest absolute Gasteiger partial charge is 0.425 e. The van der Waals surface area contributed by atoms with Crippen LogP contribution in [-0.2, 0) is 7.05 Å². The molecule has 2 aromatic carbocycles. The Hall–Kier alpha value is -3.70. The van der Waals surface area contributed by atoms with Crippen LogP contribution in [0.4, 0.5) is 27.6 Å². The number of para-hydroxylation sites is 1. The molecule has 0 saturated carbocycles. The van der Waals surface area contributed by atoms with Gasteiger partial charge in [0.05, 0.1) is 11.3 Å². The third-order valence-electron chi connectivity index (χ3n) is 5.28. The Morgan fingerprint density at radius 3 is 2.31 bits per heavy atom. The maximum absolute atomic E-state index is 15.1. The highest BCUT2D eigenvalue weighted by molar-refractivity contribution is 6.06. The highest BCUT2D eigenvalue weighted by atomic mass is 19.4. The predicted molar refractivity (Wildman–Crippen MR) is 118 cm³/mol. The number of benzene rings is 2. The largest absolute Gasteiger partial charge is 0.480 e. The Balaban J connectivity index is 2.16. The van der Waals surface area contributed by atoms with Gasteiger partial charge in [-0.25, -0.2) is 13.6 Å². The molecule has 0 radical (unpaired) electrons. The Bertz CT molecular complexity index is 1310. The van der Waals surface area contributed by atoms with E-state index in [1.807, 2.05) is 0 Å². The number of halogens is 5. The Kier molecular flexibility index (Phi) is 7.04. The highest BCUT2D eigenvalue weighted by Gasteiger charge is 2.39. The van der Waals surface area contributed by atoms with Gasteiger partial charge in [0.2, 0.25) is 0 Å². The van der Waals surface area contributed by atoms with Crippen LogP contribution < -0.4 is 15.7 Å². The topological polar surface area (TPSA) is 78.2 Å². The van der Waals surface area contributed by atoms with Gasteiger partial charge in [0.1, 0.15) is 28.9 Å². The zero-order valence-corrected chi connectivity index (χ0v) is 19.5. The quantitative estimate of drug-likeness (QED) is 0.493. The summed E-state index contributed by atoms with van der Waals surface area (Å²) in [6.07, 6.45) is -7.19. The van der Waals surface area contributed by atoms with Gasteiger partial charge in [-0.15, -0.1) is 5.10 Å². The minimum Gasteiger partial charge on any atom is -0.480 e. The second kappa shape index (κ2) is 9.51. The van der Waals surface area contributed by atoms with Crippen molar-refractivity contribution >= 4 is 11.6 Å². The molecule has 1 amide bonds. The van der Waals surface area contributed by atoms with E-state index in [1.54, 1.807) is 13.8 Å². The number of nitrogens with zero attached hydrogens (tertiary/aromatic N) is 3. The second-order valence-corrected chi connectivity index (χ2v) is 8.25. The van der Waals surface area contributed by atoms with Crippen molar-refractivity contribution in [3.05, 3.63) is 69.4 Å². The lowest BCUT2D eigenvalue weighted by molar-refractivity contribution is -0.189. The Labute approximate surface area is 197 Å². The molecule has 0 spiro atoms. The number of carbonyl (C=O) groups excluding carboxylic acids is 1. The monoisotopic (exact) mass is 498 g/mol. The zero-order valence-electron chi connectivity index (χ0n) is 19.5. The van der Waals surface area contributed by atoms with Gasteiger partial charge < -0.3 is 10.1 Å². The summed E-state index contributed by atoms with van der Waals surface area (Å²) < 4.78 is 75.8. The van der Waals surface area contributed by atoms with Crippen LogP contribution in [0.1, 0.15) is 48.4 Å². The molecule has 0 aliphatic rings. The molecular weight excluding hydrogens is 475 g/mol. The summed E-state index contributed by atoms with van der Waals surface area (Å²) in [5.74, 6) is -3.60. The van der Waals surface area contributed by atoms with E-state index < -0.39 is 52.5 Å². The number of aryl methyl sites for hydroxylation is 1. The third-order valence-corrected chi connectivity index (χ3v) is 5.28. The Morgan fingerprint density at radius 2 is 1.77 bits per heavy atom. The van der Waals surface area contributed by atoms with Crippen molar-refractivity contribution in [1.29, 1.82) is 0 Å². The molecule has 35 heavy (non-hydrogen) atoms. The van der Waals surface area contributed by atoms with Crippen LogP contribution in [0.3, 0.4) is 0 Å². The fourth-order valence-corrected chi connectivity index (χ4v) is 3.32. The van der Waals surface area contributed by atoms with Crippen molar-refractivity contribution in [3.8, 4) is 11.4 Å². The van der Waals surface area contributed by atoms with Crippen molar-refractivity contribution in [2.45, 2.75) is 45.9 Å². The number of ether oxygens (including phenoxy) is 1. The number of aromatic nitrogens is 3.